The molecule has 0 aromatic heterocycles. The Morgan fingerprint density at radius 3 is 2.17 bits per heavy atom. The zero-order valence-corrected chi connectivity index (χ0v) is 17.1. The molecule has 3 N–H and O–H groups in total. The molecule has 2 aromatic rings. The minimum Gasteiger partial charge on any atom is -0.449 e. The van der Waals surface area contributed by atoms with Crippen molar-refractivity contribution in [2.45, 2.75) is 25.7 Å². The van der Waals surface area contributed by atoms with Crippen LogP contribution in [0.3, 0.4) is 0 Å². The molecule has 0 saturated heterocycles. The van der Waals surface area contributed by atoms with Gasteiger partial charge in [-0.3, -0.25) is 19.6 Å². The van der Waals surface area contributed by atoms with Crippen molar-refractivity contribution in [2.75, 3.05) is 14.1 Å². The molecule has 30 heavy (non-hydrogen) atoms. The van der Waals surface area contributed by atoms with Gasteiger partial charge in [0, 0.05) is 33.5 Å². The summed E-state index contributed by atoms with van der Waals surface area (Å²) in [5, 5.41) is 11.2. The molecule has 2 aromatic carbocycles. The number of carbonyl (C=O) groups is 3. The smallest absolute Gasteiger partial charge is 0.275 e. The van der Waals surface area contributed by atoms with E-state index in [0.717, 1.165) is 16.0 Å². The average molecular weight is 413 g/mol. The third-order valence-electron chi connectivity index (χ3n) is 4.68. The molecule has 0 aliphatic carbocycles. The highest BCUT2D eigenvalue weighted by Crippen LogP contribution is 2.41. The summed E-state index contributed by atoms with van der Waals surface area (Å²) in [5.41, 5.74) is 3.42. The molecular weight excluding hydrogens is 390 g/mol. The molecule has 0 radical (unpaired) electrons. The van der Waals surface area contributed by atoms with Crippen molar-refractivity contribution in [3.8, 4) is 22.6 Å². The number of nitrogens with zero attached hydrogens (tertiary/aromatic N) is 1. The molecule has 9 nitrogen and oxygen atoms in total. The number of hydrogen-bond acceptors (Lipinski definition) is 6. The summed E-state index contributed by atoms with van der Waals surface area (Å²) in [6.07, 6.45) is 0. The lowest BCUT2D eigenvalue weighted by Gasteiger charge is -2.25. The Morgan fingerprint density at radius 2 is 1.57 bits per heavy atom. The van der Waals surface area contributed by atoms with Gasteiger partial charge in [-0.15, -0.1) is 0 Å². The molecule has 0 spiro atoms. The van der Waals surface area contributed by atoms with E-state index in [1.54, 1.807) is 24.3 Å². The molecule has 1 aliphatic heterocycles. The number of likely N-dealkylation sites (N-methyl/N-ethyl adjacent to an activating group) is 2. The molecule has 0 fully saturated rings. The van der Waals surface area contributed by atoms with Crippen LogP contribution in [0.15, 0.2) is 42.5 Å². The van der Waals surface area contributed by atoms with Crippen LogP contribution in [0.1, 0.15) is 24.2 Å². The van der Waals surface area contributed by atoms with Crippen LogP contribution < -0.4 is 20.3 Å². The fourth-order valence-corrected chi connectivity index (χ4v) is 3.20. The Morgan fingerprint density at radius 1 is 0.967 bits per heavy atom. The van der Waals surface area contributed by atoms with Crippen LogP contribution in [-0.2, 0) is 9.59 Å². The van der Waals surface area contributed by atoms with Gasteiger partial charge >= 0.3 is 0 Å². The second kappa shape index (κ2) is 8.03. The van der Waals surface area contributed by atoms with Crippen LogP contribution in [-0.4, -0.2) is 53.8 Å². The highest BCUT2D eigenvalue weighted by Gasteiger charge is 2.34. The van der Waals surface area contributed by atoms with Gasteiger partial charge in [0.1, 0.15) is 0 Å². The Hall–Kier alpha value is -3.59. The standard InChI is InChI=1S/C21H23N3O6/c1-21(2)29-15-10-9-14(11-16(15)30-21)12-5-7-13(8-6-12)20(27)24(4)17(18(25)22-3)19(26)23-28/h5-11,17,28H,1-4H3,(H,22,25)(H,23,26). The van der Waals surface area contributed by atoms with E-state index < -0.39 is 29.6 Å². The minimum atomic E-state index is -1.51. The van der Waals surface area contributed by atoms with Crippen LogP contribution >= 0.6 is 0 Å². The van der Waals surface area contributed by atoms with Crippen LogP contribution in [0.2, 0.25) is 0 Å². The summed E-state index contributed by atoms with van der Waals surface area (Å²) >= 11 is 0. The lowest BCUT2D eigenvalue weighted by molar-refractivity contribution is -0.140. The number of amides is 3. The molecule has 158 valence electrons. The van der Waals surface area contributed by atoms with Gasteiger partial charge in [-0.05, 0) is 35.4 Å². The predicted molar refractivity (Wildman–Crippen MR) is 107 cm³/mol. The molecule has 9 heteroatoms. The number of rotatable bonds is 5. The van der Waals surface area contributed by atoms with Crippen LogP contribution in [0.25, 0.3) is 11.1 Å². The van der Waals surface area contributed by atoms with E-state index in [-0.39, 0.29) is 5.56 Å². The maximum atomic E-state index is 12.7. The van der Waals surface area contributed by atoms with Crippen LogP contribution in [0.4, 0.5) is 0 Å². The zero-order chi connectivity index (χ0) is 22.1. The van der Waals surface area contributed by atoms with E-state index in [9.17, 15) is 14.4 Å². The summed E-state index contributed by atoms with van der Waals surface area (Å²) in [4.78, 5) is 37.5. The van der Waals surface area contributed by atoms with Crippen molar-refractivity contribution in [1.29, 1.82) is 0 Å². The van der Waals surface area contributed by atoms with Crippen molar-refractivity contribution < 1.29 is 29.1 Å². The normalized spacial score (nSPS) is 14.6. The van der Waals surface area contributed by atoms with Crippen molar-refractivity contribution in [1.82, 2.24) is 15.7 Å². The van der Waals surface area contributed by atoms with Gasteiger partial charge in [0.25, 0.3) is 17.7 Å². The van der Waals surface area contributed by atoms with E-state index in [1.165, 1.54) is 19.6 Å². The van der Waals surface area contributed by atoms with Gasteiger partial charge in [0.05, 0.1) is 0 Å². The number of benzene rings is 2. The first-order valence-electron chi connectivity index (χ1n) is 9.22. The van der Waals surface area contributed by atoms with Crippen molar-refractivity contribution in [3.63, 3.8) is 0 Å². The average Bonchev–Trinajstić information content (AvgIpc) is 3.05. The number of nitrogens with one attached hydrogen (secondary N) is 2. The number of hydroxylamine groups is 1. The minimum absolute atomic E-state index is 0.280. The summed E-state index contributed by atoms with van der Waals surface area (Å²) < 4.78 is 11.4. The summed E-state index contributed by atoms with van der Waals surface area (Å²) in [6, 6.07) is 10.8. The highest BCUT2D eigenvalue weighted by molar-refractivity contribution is 6.08. The molecular formula is C21H23N3O6. The molecule has 1 atom stereocenters. The number of ether oxygens (including phenoxy) is 2. The third-order valence-corrected chi connectivity index (χ3v) is 4.68. The highest BCUT2D eigenvalue weighted by atomic mass is 16.7. The summed E-state index contributed by atoms with van der Waals surface area (Å²) in [5.74, 6) is -1.70. The van der Waals surface area contributed by atoms with Gasteiger partial charge in [-0.1, -0.05) is 18.2 Å². The lowest BCUT2D eigenvalue weighted by Crippen LogP contribution is -2.54. The van der Waals surface area contributed by atoms with Gasteiger partial charge in [-0.25, -0.2) is 5.48 Å². The summed E-state index contributed by atoms with van der Waals surface area (Å²) in [7, 11) is 2.64. The molecule has 1 unspecified atom stereocenters. The topological polar surface area (TPSA) is 117 Å². The maximum absolute atomic E-state index is 12.7. The fraction of sp³-hybridized carbons (Fsp3) is 0.286. The van der Waals surface area contributed by atoms with E-state index in [4.69, 9.17) is 14.7 Å². The number of carbonyl (C=O) groups excluding carboxylic acids is 3. The van der Waals surface area contributed by atoms with E-state index >= 15 is 0 Å². The zero-order valence-electron chi connectivity index (χ0n) is 17.1. The first-order chi connectivity index (χ1) is 14.2. The van der Waals surface area contributed by atoms with Crippen LogP contribution in [0.5, 0.6) is 11.5 Å². The fourth-order valence-electron chi connectivity index (χ4n) is 3.20. The molecule has 1 heterocycles. The second-order valence-electron chi connectivity index (χ2n) is 7.25. The largest absolute Gasteiger partial charge is 0.449 e. The maximum Gasteiger partial charge on any atom is 0.275 e. The molecule has 0 saturated carbocycles. The SMILES string of the molecule is CNC(=O)C(C(=O)NO)N(C)C(=O)c1ccc(-c2ccc3c(c2)OC(C)(C)O3)cc1. The molecule has 0 bridgehead atoms. The quantitative estimate of drug-likeness (QED) is 0.389. The molecule has 3 amide bonds. The Labute approximate surface area is 173 Å². The lowest BCUT2D eigenvalue weighted by atomic mass is 10.0. The first kappa shape index (κ1) is 21.1. The van der Waals surface area contributed by atoms with Crippen molar-refractivity contribution in [2.24, 2.45) is 0 Å². The predicted octanol–water partition coefficient (Wildman–Crippen LogP) is 1.55. The second-order valence-corrected chi connectivity index (χ2v) is 7.25. The monoisotopic (exact) mass is 413 g/mol. The van der Waals surface area contributed by atoms with E-state index in [1.807, 2.05) is 32.0 Å². The van der Waals surface area contributed by atoms with Gasteiger partial charge in [-0.2, -0.15) is 0 Å². The Bertz CT molecular complexity index is 971. The van der Waals surface area contributed by atoms with Gasteiger partial charge < -0.3 is 19.7 Å². The van der Waals surface area contributed by atoms with E-state index in [0.29, 0.717) is 11.5 Å². The number of hydrogen-bond donors (Lipinski definition) is 3. The molecule has 1 aliphatic rings. The van der Waals surface area contributed by atoms with Crippen LogP contribution in [0, 0.1) is 0 Å². The van der Waals surface area contributed by atoms with Crippen molar-refractivity contribution in [3.05, 3.63) is 48.0 Å². The number of fused-ring (bicyclic) bond motifs is 1. The van der Waals surface area contributed by atoms with Crippen molar-refractivity contribution >= 4 is 17.7 Å². The first-order valence-corrected chi connectivity index (χ1v) is 9.22. The Balaban J connectivity index is 1.81. The van der Waals surface area contributed by atoms with Gasteiger partial charge in [0.15, 0.2) is 17.5 Å². The Kier molecular flexibility index (Phi) is 5.66. The third kappa shape index (κ3) is 4.06. The van der Waals surface area contributed by atoms with Gasteiger partial charge in [0.2, 0.25) is 5.79 Å². The molecule has 3 rings (SSSR count). The summed E-state index contributed by atoms with van der Waals surface area (Å²) in [6.45, 7) is 3.65. The van der Waals surface area contributed by atoms with E-state index in [2.05, 4.69) is 5.32 Å².